The Balaban J connectivity index is 1.86. The fourth-order valence-corrected chi connectivity index (χ4v) is 3.96. The first-order valence-electron chi connectivity index (χ1n) is 10.5. The van der Waals surface area contributed by atoms with Gasteiger partial charge in [-0.3, -0.25) is 0 Å². The van der Waals surface area contributed by atoms with Crippen LogP contribution in [0, 0.1) is 0 Å². The minimum Gasteiger partial charge on any atom is -0.300 e. The lowest BCUT2D eigenvalue weighted by Gasteiger charge is -2.37. The van der Waals surface area contributed by atoms with Crippen LogP contribution in [0.3, 0.4) is 0 Å². The summed E-state index contributed by atoms with van der Waals surface area (Å²) in [5.74, 6) is -1.19. The van der Waals surface area contributed by atoms with Gasteiger partial charge in [-0.2, -0.15) is 13.2 Å². The standard InChI is InChI=1S/C27H21ClF3N3/c28-23-17-10-18-24(19-23)32-25(27(29,30)31)33-34-26(20-11-4-1-5-12-20,21-13-6-2-7-14-21)22-15-8-3-9-16-22/h1-19,34H,(H,32,33). The van der Waals surface area contributed by atoms with Crippen molar-refractivity contribution in [1.82, 2.24) is 10.9 Å². The average molecular weight is 480 g/mol. The molecule has 0 saturated carbocycles. The van der Waals surface area contributed by atoms with Crippen LogP contribution in [-0.2, 0) is 5.54 Å². The number of halogens is 4. The second-order valence-corrected chi connectivity index (χ2v) is 7.97. The molecule has 0 bridgehead atoms. The van der Waals surface area contributed by atoms with E-state index in [-0.39, 0.29) is 5.69 Å². The molecule has 172 valence electrons. The van der Waals surface area contributed by atoms with E-state index >= 15 is 0 Å². The predicted molar refractivity (Wildman–Crippen MR) is 130 cm³/mol. The van der Waals surface area contributed by atoms with Gasteiger partial charge < -0.3 is 5.43 Å². The molecule has 0 radical (unpaired) electrons. The molecule has 0 amide bonds. The Morgan fingerprint density at radius 2 is 1.12 bits per heavy atom. The van der Waals surface area contributed by atoms with E-state index in [9.17, 15) is 13.2 Å². The van der Waals surface area contributed by atoms with E-state index < -0.39 is 17.6 Å². The molecule has 2 N–H and O–H groups in total. The Bertz CT molecular complexity index is 1150. The summed E-state index contributed by atoms with van der Waals surface area (Å²) in [5, 5.41) is 0.294. The predicted octanol–water partition coefficient (Wildman–Crippen LogP) is 7.02. The maximum Gasteiger partial charge on any atom is 0.450 e. The Morgan fingerprint density at radius 1 is 0.647 bits per heavy atom. The number of hydrazine groups is 1. The van der Waals surface area contributed by atoms with E-state index in [1.54, 1.807) is 12.1 Å². The van der Waals surface area contributed by atoms with Crippen molar-refractivity contribution in [1.29, 1.82) is 0 Å². The number of alkyl halides is 3. The average Bonchev–Trinajstić information content (AvgIpc) is 2.85. The van der Waals surface area contributed by atoms with Crippen molar-refractivity contribution in [2.45, 2.75) is 11.7 Å². The zero-order valence-electron chi connectivity index (χ0n) is 17.9. The number of hydrogen-bond donors (Lipinski definition) is 2. The summed E-state index contributed by atoms with van der Waals surface area (Å²) < 4.78 is 42.1. The number of rotatable bonds is 6. The third-order valence-electron chi connectivity index (χ3n) is 5.31. The molecule has 3 nitrogen and oxygen atoms in total. The molecule has 0 aliphatic carbocycles. The van der Waals surface area contributed by atoms with Crippen LogP contribution in [0.2, 0.25) is 5.02 Å². The smallest absolute Gasteiger partial charge is 0.300 e. The largest absolute Gasteiger partial charge is 0.450 e. The molecule has 4 aromatic carbocycles. The van der Waals surface area contributed by atoms with Crippen LogP contribution >= 0.6 is 11.6 Å². The van der Waals surface area contributed by atoms with Gasteiger partial charge in [0, 0.05) is 5.02 Å². The monoisotopic (exact) mass is 479 g/mol. The second-order valence-electron chi connectivity index (χ2n) is 7.54. The highest BCUT2D eigenvalue weighted by Crippen LogP contribution is 2.36. The number of benzene rings is 4. The quantitative estimate of drug-likeness (QED) is 0.135. The summed E-state index contributed by atoms with van der Waals surface area (Å²) in [7, 11) is 0. The van der Waals surface area contributed by atoms with E-state index in [0.29, 0.717) is 5.02 Å². The minimum atomic E-state index is -4.74. The van der Waals surface area contributed by atoms with Gasteiger partial charge in [0.25, 0.3) is 0 Å². The summed E-state index contributed by atoms with van der Waals surface area (Å²) in [4.78, 5) is 3.81. The Labute approximate surface area is 200 Å². The first-order chi connectivity index (χ1) is 16.4. The lowest BCUT2D eigenvalue weighted by atomic mass is 9.77. The van der Waals surface area contributed by atoms with Gasteiger partial charge in [-0.25, -0.2) is 10.4 Å². The van der Waals surface area contributed by atoms with Gasteiger partial charge in [-0.15, -0.1) is 0 Å². The van der Waals surface area contributed by atoms with Gasteiger partial charge in [0.2, 0.25) is 5.84 Å². The van der Waals surface area contributed by atoms with Crippen molar-refractivity contribution in [3.8, 4) is 0 Å². The van der Waals surface area contributed by atoms with Crippen molar-refractivity contribution in [2.75, 3.05) is 0 Å². The number of aliphatic imine (C=N–C) groups is 1. The highest BCUT2D eigenvalue weighted by molar-refractivity contribution is 6.30. The van der Waals surface area contributed by atoms with Crippen LogP contribution < -0.4 is 10.9 Å². The molecule has 34 heavy (non-hydrogen) atoms. The Morgan fingerprint density at radius 3 is 1.53 bits per heavy atom. The molecule has 7 heteroatoms. The zero-order chi connectivity index (χ0) is 24.0. The molecule has 4 aromatic rings. The first kappa shape index (κ1) is 23.5. The highest BCUT2D eigenvalue weighted by Gasteiger charge is 2.41. The van der Waals surface area contributed by atoms with Gasteiger partial charge in [0.1, 0.15) is 5.54 Å². The van der Waals surface area contributed by atoms with Crippen molar-refractivity contribution in [3.05, 3.63) is 137 Å². The molecule has 0 fully saturated rings. The molecule has 0 atom stereocenters. The maximum atomic E-state index is 14.0. The Kier molecular flexibility index (Phi) is 7.01. The SMILES string of the molecule is FC(F)(F)C(=Nc1cccc(Cl)c1)NNC(c1ccccc1)(c1ccccc1)c1ccccc1. The lowest BCUT2D eigenvalue weighted by Crippen LogP contribution is -2.56. The molecule has 0 aliphatic rings. The third kappa shape index (κ3) is 5.14. The van der Waals surface area contributed by atoms with Crippen molar-refractivity contribution >= 4 is 23.1 Å². The highest BCUT2D eigenvalue weighted by atomic mass is 35.5. The van der Waals surface area contributed by atoms with Crippen LogP contribution in [0.4, 0.5) is 18.9 Å². The topological polar surface area (TPSA) is 36.4 Å². The lowest BCUT2D eigenvalue weighted by molar-refractivity contribution is -0.0627. The summed E-state index contributed by atoms with van der Waals surface area (Å²) in [6.45, 7) is 0. The van der Waals surface area contributed by atoms with E-state index in [1.165, 1.54) is 12.1 Å². The fourth-order valence-electron chi connectivity index (χ4n) is 3.77. The molecular weight excluding hydrogens is 459 g/mol. The second kappa shape index (κ2) is 10.1. The van der Waals surface area contributed by atoms with E-state index in [0.717, 1.165) is 16.7 Å². The molecule has 0 unspecified atom stereocenters. The molecule has 0 heterocycles. The Hall–Kier alpha value is -3.61. The van der Waals surface area contributed by atoms with Crippen LogP contribution in [0.15, 0.2) is 120 Å². The van der Waals surface area contributed by atoms with Crippen LogP contribution in [-0.4, -0.2) is 12.0 Å². The molecular formula is C27H21ClF3N3. The fraction of sp³-hybridized carbons (Fsp3) is 0.0741. The third-order valence-corrected chi connectivity index (χ3v) is 5.54. The first-order valence-corrected chi connectivity index (χ1v) is 10.9. The number of hydrogen-bond acceptors (Lipinski definition) is 2. The van der Waals surface area contributed by atoms with E-state index in [2.05, 4.69) is 15.8 Å². The van der Waals surface area contributed by atoms with Gasteiger partial charge >= 0.3 is 6.18 Å². The van der Waals surface area contributed by atoms with Crippen molar-refractivity contribution < 1.29 is 13.2 Å². The molecule has 0 spiro atoms. The van der Waals surface area contributed by atoms with Gasteiger partial charge in [-0.05, 0) is 34.9 Å². The molecule has 0 aromatic heterocycles. The van der Waals surface area contributed by atoms with E-state index in [4.69, 9.17) is 11.6 Å². The summed E-state index contributed by atoms with van der Waals surface area (Å²) in [5.41, 5.74) is 6.58. The van der Waals surface area contributed by atoms with Crippen molar-refractivity contribution in [3.63, 3.8) is 0 Å². The number of nitrogens with zero attached hydrogens (tertiary/aromatic N) is 1. The molecule has 4 rings (SSSR count). The summed E-state index contributed by atoms with van der Waals surface area (Å²) in [6, 6.07) is 33.9. The summed E-state index contributed by atoms with van der Waals surface area (Å²) >= 11 is 5.95. The van der Waals surface area contributed by atoms with Crippen LogP contribution in [0.25, 0.3) is 0 Å². The minimum absolute atomic E-state index is 0.0823. The summed E-state index contributed by atoms with van der Waals surface area (Å²) in [6.07, 6.45) is -4.74. The number of nitrogens with one attached hydrogen (secondary N) is 2. The normalized spacial score (nSPS) is 12.4. The van der Waals surface area contributed by atoms with Gasteiger partial charge in [0.05, 0.1) is 5.69 Å². The van der Waals surface area contributed by atoms with E-state index in [1.807, 2.05) is 91.0 Å². The van der Waals surface area contributed by atoms with Gasteiger partial charge in [0.15, 0.2) is 0 Å². The van der Waals surface area contributed by atoms with Gasteiger partial charge in [-0.1, -0.05) is 109 Å². The van der Waals surface area contributed by atoms with Crippen LogP contribution in [0.1, 0.15) is 16.7 Å². The maximum absolute atomic E-state index is 14.0. The molecule has 0 saturated heterocycles. The van der Waals surface area contributed by atoms with Crippen molar-refractivity contribution in [2.24, 2.45) is 4.99 Å². The van der Waals surface area contributed by atoms with Crippen LogP contribution in [0.5, 0.6) is 0 Å². The number of amidine groups is 1. The molecule has 0 aliphatic heterocycles. The zero-order valence-corrected chi connectivity index (χ0v) is 18.7.